The minimum atomic E-state index is -1.01. The van der Waals surface area contributed by atoms with Crippen LogP contribution in [0.15, 0.2) is 36.5 Å². The molecule has 0 aromatic carbocycles. The van der Waals surface area contributed by atoms with Crippen molar-refractivity contribution >= 4 is 29.8 Å². The van der Waals surface area contributed by atoms with Gasteiger partial charge < -0.3 is 28.8 Å². The van der Waals surface area contributed by atoms with Crippen LogP contribution in [0.3, 0.4) is 0 Å². The highest BCUT2D eigenvalue weighted by molar-refractivity contribution is 5.71. The second-order valence-corrected chi connectivity index (χ2v) is 26.0. The molecule has 1 N–H and O–H groups in total. The lowest BCUT2D eigenvalue weighted by Crippen LogP contribution is -2.30. The van der Waals surface area contributed by atoms with Gasteiger partial charge in [-0.05, 0) is 109 Å². The normalized spacial score (nSPS) is 12.4. The van der Waals surface area contributed by atoms with Gasteiger partial charge in [-0.2, -0.15) is 0 Å². The van der Waals surface area contributed by atoms with Crippen molar-refractivity contribution in [2.75, 3.05) is 26.4 Å². The summed E-state index contributed by atoms with van der Waals surface area (Å²) in [5.74, 6) is -1.60. The van der Waals surface area contributed by atoms with E-state index in [-0.39, 0.29) is 62.7 Å². The Labute approximate surface area is 548 Å². The second kappa shape index (κ2) is 72.0. The molecular formula is C78H142O11. The van der Waals surface area contributed by atoms with Gasteiger partial charge in [0.05, 0.1) is 0 Å². The smallest absolute Gasteiger partial charge is 0.306 e. The van der Waals surface area contributed by atoms with E-state index >= 15 is 0 Å². The third kappa shape index (κ3) is 70.3. The van der Waals surface area contributed by atoms with E-state index in [1.807, 2.05) is 0 Å². The van der Waals surface area contributed by atoms with E-state index in [2.05, 4.69) is 57.2 Å². The van der Waals surface area contributed by atoms with Gasteiger partial charge in [0, 0.05) is 32.1 Å². The molecule has 0 heterocycles. The number of carbonyl (C=O) groups excluding carboxylic acids is 5. The van der Waals surface area contributed by atoms with Gasteiger partial charge in [-0.15, -0.1) is 0 Å². The molecule has 89 heavy (non-hydrogen) atoms. The molecule has 0 rings (SSSR count). The Balaban J connectivity index is 4.22. The molecule has 0 spiro atoms. The topological polar surface area (TPSA) is 152 Å². The van der Waals surface area contributed by atoms with Crippen molar-refractivity contribution in [3.8, 4) is 0 Å². The van der Waals surface area contributed by atoms with Crippen LogP contribution in [0.1, 0.15) is 393 Å². The van der Waals surface area contributed by atoms with Gasteiger partial charge in [0.2, 0.25) is 0 Å². The van der Waals surface area contributed by atoms with E-state index in [1.54, 1.807) is 0 Å². The van der Waals surface area contributed by atoms with E-state index in [9.17, 15) is 29.1 Å². The lowest BCUT2D eigenvalue weighted by Gasteiger charge is -2.18. The molecule has 11 nitrogen and oxygen atoms in total. The number of rotatable bonds is 71. The number of hydrogen-bond donors (Lipinski definition) is 1. The van der Waals surface area contributed by atoms with E-state index in [1.165, 1.54) is 186 Å². The summed E-state index contributed by atoms with van der Waals surface area (Å²) in [5.41, 5.74) is 0. The lowest BCUT2D eigenvalue weighted by molar-refractivity contribution is -0.167. The number of aliphatic hydroxyl groups excluding tert-OH is 1. The molecule has 2 atom stereocenters. The summed E-state index contributed by atoms with van der Waals surface area (Å²) in [6.07, 6.45) is 75.6. The highest BCUT2D eigenvalue weighted by atomic mass is 16.6. The number of unbranched alkanes of at least 4 members (excludes halogenated alkanes) is 46. The molecule has 0 aliphatic heterocycles. The third-order valence-electron chi connectivity index (χ3n) is 17.0. The molecule has 0 aromatic heterocycles. The van der Waals surface area contributed by atoms with Gasteiger partial charge in [-0.25, -0.2) is 0 Å². The Morgan fingerprint density at radius 3 is 0.652 bits per heavy atom. The molecule has 0 radical (unpaired) electrons. The number of ether oxygens (including phenoxy) is 5. The average molecular weight is 1260 g/mol. The molecule has 2 unspecified atom stereocenters. The highest BCUT2D eigenvalue weighted by Gasteiger charge is 2.20. The molecule has 0 bridgehead atoms. The Kier molecular flexibility index (Phi) is 69.2. The van der Waals surface area contributed by atoms with Crippen LogP contribution < -0.4 is 0 Å². The zero-order valence-electron chi connectivity index (χ0n) is 58.5. The number of esters is 5. The molecule has 520 valence electrons. The van der Waals surface area contributed by atoms with E-state index in [4.69, 9.17) is 23.7 Å². The van der Waals surface area contributed by atoms with Crippen LogP contribution in [0.4, 0.5) is 0 Å². The van der Waals surface area contributed by atoms with Crippen LogP contribution in [0.25, 0.3) is 0 Å². The van der Waals surface area contributed by atoms with Crippen LogP contribution in [-0.2, 0) is 47.7 Å². The molecule has 11 heteroatoms. The van der Waals surface area contributed by atoms with Gasteiger partial charge in [0.25, 0.3) is 0 Å². The summed E-state index contributed by atoms with van der Waals surface area (Å²) in [6.45, 7) is 6.25. The summed E-state index contributed by atoms with van der Waals surface area (Å²) in [6, 6.07) is 0. The van der Waals surface area contributed by atoms with Crippen molar-refractivity contribution in [2.45, 2.75) is 405 Å². The zero-order valence-corrected chi connectivity index (χ0v) is 58.5. The average Bonchev–Trinajstić information content (AvgIpc) is 3.60. The minimum absolute atomic E-state index is 0.106. The monoisotopic (exact) mass is 1260 g/mol. The van der Waals surface area contributed by atoms with Gasteiger partial charge in [-0.3, -0.25) is 24.0 Å². The summed E-state index contributed by atoms with van der Waals surface area (Å²) in [4.78, 5) is 62.7. The standard InChI is InChI=1S/C78H142O11/c1-4-7-10-13-16-19-22-25-28-33-38-43-48-53-58-63-74(80)85-68-72(79)69-86-75(81)64-59-54-49-44-39-36-31-32-37-42-47-52-57-62-67-78(84)89-73(70-87-76(82)65-60-55-50-45-40-34-29-26-23-20-17-14-11-8-5-2)71-88-77(83)66-61-56-51-46-41-35-30-27-24-21-18-15-12-9-6-3/h25-26,28-29,31-32,72-73,79H,4-24,27,30,33-71H2,1-3H3/b28-25-,29-26-,32-31?. The van der Waals surface area contributed by atoms with Gasteiger partial charge in [0.15, 0.2) is 6.10 Å². The van der Waals surface area contributed by atoms with Crippen LogP contribution >= 0.6 is 0 Å². The first-order chi connectivity index (χ1) is 43.7. The summed E-state index contributed by atoms with van der Waals surface area (Å²) in [7, 11) is 0. The number of hydrogen-bond acceptors (Lipinski definition) is 11. The SMILES string of the molecule is CCCCCCCC/C=C\CCCCCCCC(=O)OCC(O)COC(=O)CCCCCCCC=CCCCCCCCC(=O)OC(COC(=O)CCCCCCC/C=C\CCCCCCCC)COC(=O)CCCCCCCCCCCCCCCCC. The summed E-state index contributed by atoms with van der Waals surface area (Å²) >= 11 is 0. The number of aliphatic hydroxyl groups is 1. The fourth-order valence-corrected chi connectivity index (χ4v) is 11.1. The van der Waals surface area contributed by atoms with Crippen molar-refractivity contribution in [1.29, 1.82) is 0 Å². The fourth-order valence-electron chi connectivity index (χ4n) is 11.1. The molecule has 0 saturated carbocycles. The van der Waals surface area contributed by atoms with Crippen molar-refractivity contribution in [2.24, 2.45) is 0 Å². The molecule has 0 aliphatic carbocycles. The van der Waals surface area contributed by atoms with Gasteiger partial charge in [-0.1, -0.05) is 288 Å². The second-order valence-electron chi connectivity index (χ2n) is 26.0. The van der Waals surface area contributed by atoms with Crippen LogP contribution in [0, 0.1) is 0 Å². The molecule has 0 fully saturated rings. The largest absolute Gasteiger partial charge is 0.463 e. The predicted octanol–water partition coefficient (Wildman–Crippen LogP) is 22.8. The van der Waals surface area contributed by atoms with Crippen molar-refractivity contribution in [3.05, 3.63) is 36.5 Å². The highest BCUT2D eigenvalue weighted by Crippen LogP contribution is 2.18. The van der Waals surface area contributed by atoms with Gasteiger partial charge in [0.1, 0.15) is 32.5 Å². The molecule has 0 aromatic rings. The molecule has 0 amide bonds. The zero-order chi connectivity index (χ0) is 64.7. The van der Waals surface area contributed by atoms with Crippen molar-refractivity contribution in [3.63, 3.8) is 0 Å². The van der Waals surface area contributed by atoms with Crippen LogP contribution in [-0.4, -0.2) is 73.6 Å². The molecule has 0 aliphatic rings. The van der Waals surface area contributed by atoms with Crippen molar-refractivity contribution < 1.29 is 52.8 Å². The summed E-state index contributed by atoms with van der Waals surface area (Å²) in [5, 5.41) is 10.2. The maximum Gasteiger partial charge on any atom is 0.306 e. The first-order valence-corrected chi connectivity index (χ1v) is 38.2. The van der Waals surface area contributed by atoms with E-state index < -0.39 is 12.2 Å². The predicted molar refractivity (Wildman–Crippen MR) is 372 cm³/mol. The third-order valence-corrected chi connectivity index (χ3v) is 17.0. The summed E-state index contributed by atoms with van der Waals surface area (Å²) < 4.78 is 27.3. The minimum Gasteiger partial charge on any atom is -0.463 e. The van der Waals surface area contributed by atoms with Crippen LogP contribution in [0.2, 0.25) is 0 Å². The Morgan fingerprint density at radius 1 is 0.247 bits per heavy atom. The maximum absolute atomic E-state index is 13.0. The Hall–Kier alpha value is -3.47. The fraction of sp³-hybridized carbons (Fsp3) is 0.859. The first-order valence-electron chi connectivity index (χ1n) is 38.2. The molecule has 0 saturated heterocycles. The lowest BCUT2D eigenvalue weighted by atomic mass is 10.0. The maximum atomic E-state index is 13.0. The molecular weight excluding hydrogens is 1110 g/mol. The number of allylic oxidation sites excluding steroid dienone is 6. The first kappa shape index (κ1) is 85.5. The van der Waals surface area contributed by atoms with Crippen molar-refractivity contribution in [1.82, 2.24) is 0 Å². The Morgan fingerprint density at radius 2 is 0.427 bits per heavy atom. The van der Waals surface area contributed by atoms with Crippen LogP contribution in [0.5, 0.6) is 0 Å². The van der Waals surface area contributed by atoms with Gasteiger partial charge >= 0.3 is 29.8 Å². The Bertz CT molecular complexity index is 1640. The number of carbonyl (C=O) groups is 5. The van der Waals surface area contributed by atoms with E-state index in [0.29, 0.717) is 25.7 Å². The quantitative estimate of drug-likeness (QED) is 0.0268. The van der Waals surface area contributed by atoms with E-state index in [0.717, 1.165) is 154 Å².